The van der Waals surface area contributed by atoms with Gasteiger partial charge in [0.05, 0.1) is 11.5 Å². The second-order valence-electron chi connectivity index (χ2n) is 4.34. The zero-order chi connectivity index (χ0) is 12.3. The standard InChI is InChI=1S/C11H15ClN2O2S/c12-11-4-3-9(6-14-11)7-17(15,16)8-10-2-1-5-13-10/h3-4,6,10,13H,1-2,5,7-8H2/t10-/m0/s1. The van der Waals surface area contributed by atoms with Crippen LogP contribution >= 0.6 is 11.6 Å². The number of rotatable bonds is 4. The van der Waals surface area contributed by atoms with Crippen molar-refractivity contribution in [2.75, 3.05) is 12.3 Å². The third kappa shape index (κ3) is 3.94. The van der Waals surface area contributed by atoms with E-state index in [0.717, 1.165) is 19.4 Å². The molecule has 0 bridgehead atoms. The first kappa shape index (κ1) is 12.8. The summed E-state index contributed by atoms with van der Waals surface area (Å²) in [6, 6.07) is 3.43. The van der Waals surface area contributed by atoms with Crippen LogP contribution in [-0.4, -0.2) is 31.7 Å². The van der Waals surface area contributed by atoms with Crippen molar-refractivity contribution in [3.63, 3.8) is 0 Å². The van der Waals surface area contributed by atoms with Gasteiger partial charge in [-0.25, -0.2) is 13.4 Å². The molecule has 0 radical (unpaired) electrons. The smallest absolute Gasteiger partial charge is 0.156 e. The summed E-state index contributed by atoms with van der Waals surface area (Å²) in [6.07, 6.45) is 3.52. The Balaban J connectivity index is 1.98. The second-order valence-corrected chi connectivity index (χ2v) is 6.83. The third-order valence-corrected chi connectivity index (χ3v) is 4.70. The van der Waals surface area contributed by atoms with Crippen LogP contribution in [0.2, 0.25) is 5.15 Å². The summed E-state index contributed by atoms with van der Waals surface area (Å²) in [6.45, 7) is 0.919. The first-order valence-corrected chi connectivity index (χ1v) is 7.79. The molecule has 1 fully saturated rings. The molecule has 1 saturated heterocycles. The summed E-state index contributed by atoms with van der Waals surface area (Å²) in [5, 5.41) is 3.57. The zero-order valence-corrected chi connectivity index (χ0v) is 11.0. The summed E-state index contributed by atoms with van der Waals surface area (Å²) in [7, 11) is -3.08. The van der Waals surface area contributed by atoms with E-state index in [4.69, 9.17) is 11.6 Å². The van der Waals surface area contributed by atoms with E-state index in [1.165, 1.54) is 6.20 Å². The molecule has 0 aromatic carbocycles. The van der Waals surface area contributed by atoms with Crippen molar-refractivity contribution in [3.05, 3.63) is 29.0 Å². The molecule has 2 heterocycles. The summed E-state index contributed by atoms with van der Waals surface area (Å²) in [5.74, 6) is 0.241. The molecule has 0 amide bonds. The van der Waals surface area contributed by atoms with E-state index < -0.39 is 9.84 Å². The van der Waals surface area contributed by atoms with E-state index in [1.807, 2.05) is 0 Å². The molecular weight excluding hydrogens is 260 g/mol. The van der Waals surface area contributed by atoms with Gasteiger partial charge in [0.2, 0.25) is 0 Å². The Morgan fingerprint density at radius 1 is 1.47 bits per heavy atom. The van der Waals surface area contributed by atoms with Gasteiger partial charge in [-0.1, -0.05) is 17.7 Å². The van der Waals surface area contributed by atoms with Crippen LogP contribution in [0.25, 0.3) is 0 Å². The Hall–Kier alpha value is -0.650. The quantitative estimate of drug-likeness (QED) is 0.844. The Bertz CT molecular complexity index is 467. The number of pyridine rings is 1. The summed E-state index contributed by atoms with van der Waals surface area (Å²) in [4.78, 5) is 3.88. The van der Waals surface area contributed by atoms with Crippen LogP contribution in [0.5, 0.6) is 0 Å². The van der Waals surface area contributed by atoms with Crippen molar-refractivity contribution in [1.82, 2.24) is 10.3 Å². The van der Waals surface area contributed by atoms with Gasteiger partial charge >= 0.3 is 0 Å². The van der Waals surface area contributed by atoms with Crippen LogP contribution in [-0.2, 0) is 15.6 Å². The number of hydrogen-bond donors (Lipinski definition) is 1. The first-order chi connectivity index (χ1) is 8.05. The molecule has 1 aromatic rings. The summed E-state index contributed by atoms with van der Waals surface area (Å²) >= 11 is 5.65. The molecule has 94 valence electrons. The number of sulfone groups is 1. The molecule has 1 aliphatic heterocycles. The average Bonchev–Trinajstić information content (AvgIpc) is 2.73. The van der Waals surface area contributed by atoms with E-state index in [1.54, 1.807) is 12.1 Å². The molecule has 0 aliphatic carbocycles. The number of halogens is 1. The van der Waals surface area contributed by atoms with Crippen LogP contribution < -0.4 is 5.32 Å². The molecule has 4 nitrogen and oxygen atoms in total. The van der Waals surface area contributed by atoms with Gasteiger partial charge in [-0.3, -0.25) is 0 Å². The van der Waals surface area contributed by atoms with E-state index in [2.05, 4.69) is 10.3 Å². The lowest BCUT2D eigenvalue weighted by Crippen LogP contribution is -2.30. The Labute approximate surface area is 106 Å². The minimum absolute atomic E-state index is 0.0371. The van der Waals surface area contributed by atoms with Crippen molar-refractivity contribution < 1.29 is 8.42 Å². The highest BCUT2D eigenvalue weighted by Crippen LogP contribution is 2.13. The Morgan fingerprint density at radius 2 is 2.29 bits per heavy atom. The molecule has 0 spiro atoms. The Morgan fingerprint density at radius 3 is 2.88 bits per heavy atom. The van der Waals surface area contributed by atoms with Crippen molar-refractivity contribution >= 4 is 21.4 Å². The molecule has 17 heavy (non-hydrogen) atoms. The fraction of sp³-hybridized carbons (Fsp3) is 0.545. The van der Waals surface area contributed by atoms with Crippen molar-refractivity contribution in [2.45, 2.75) is 24.6 Å². The third-order valence-electron chi connectivity index (χ3n) is 2.79. The topological polar surface area (TPSA) is 59.1 Å². The minimum Gasteiger partial charge on any atom is -0.313 e. The number of nitrogens with zero attached hydrogens (tertiary/aromatic N) is 1. The van der Waals surface area contributed by atoms with E-state index in [-0.39, 0.29) is 17.5 Å². The van der Waals surface area contributed by atoms with Gasteiger partial charge in [-0.05, 0) is 31.0 Å². The van der Waals surface area contributed by atoms with E-state index in [9.17, 15) is 8.42 Å². The highest BCUT2D eigenvalue weighted by Gasteiger charge is 2.22. The van der Waals surface area contributed by atoms with Gasteiger partial charge in [0.15, 0.2) is 9.84 Å². The molecule has 6 heteroatoms. The largest absolute Gasteiger partial charge is 0.313 e. The van der Waals surface area contributed by atoms with E-state index in [0.29, 0.717) is 10.7 Å². The second kappa shape index (κ2) is 5.33. The average molecular weight is 275 g/mol. The number of nitrogens with one attached hydrogen (secondary N) is 1. The van der Waals surface area contributed by atoms with Crippen LogP contribution in [0.1, 0.15) is 18.4 Å². The van der Waals surface area contributed by atoms with Crippen LogP contribution in [0, 0.1) is 0 Å². The predicted octanol–water partition coefficient (Wildman–Crippen LogP) is 1.40. The monoisotopic (exact) mass is 274 g/mol. The normalized spacial score (nSPS) is 20.6. The Kier molecular flexibility index (Phi) is 4.01. The first-order valence-electron chi connectivity index (χ1n) is 5.59. The lowest BCUT2D eigenvalue weighted by Gasteiger charge is -2.10. The van der Waals surface area contributed by atoms with Crippen LogP contribution in [0.4, 0.5) is 0 Å². The van der Waals surface area contributed by atoms with Gasteiger partial charge in [0.25, 0.3) is 0 Å². The highest BCUT2D eigenvalue weighted by molar-refractivity contribution is 7.90. The molecule has 1 aromatic heterocycles. The number of hydrogen-bond acceptors (Lipinski definition) is 4. The summed E-state index contributed by atoms with van der Waals surface area (Å²) < 4.78 is 23.9. The maximum atomic E-state index is 11.9. The van der Waals surface area contributed by atoms with Crippen LogP contribution in [0.15, 0.2) is 18.3 Å². The van der Waals surface area contributed by atoms with Crippen molar-refractivity contribution in [1.29, 1.82) is 0 Å². The fourth-order valence-corrected chi connectivity index (χ4v) is 3.82. The van der Waals surface area contributed by atoms with Crippen molar-refractivity contribution in [3.8, 4) is 0 Å². The minimum atomic E-state index is -3.08. The van der Waals surface area contributed by atoms with Gasteiger partial charge in [-0.2, -0.15) is 0 Å². The maximum absolute atomic E-state index is 11.9. The van der Waals surface area contributed by atoms with Gasteiger partial charge in [-0.15, -0.1) is 0 Å². The van der Waals surface area contributed by atoms with Gasteiger partial charge in [0.1, 0.15) is 5.15 Å². The molecule has 1 N–H and O–H groups in total. The SMILES string of the molecule is O=S(=O)(Cc1ccc(Cl)nc1)C[C@@H]1CCCN1. The van der Waals surface area contributed by atoms with Crippen LogP contribution in [0.3, 0.4) is 0 Å². The van der Waals surface area contributed by atoms with Crippen molar-refractivity contribution in [2.24, 2.45) is 0 Å². The lowest BCUT2D eigenvalue weighted by molar-refractivity contribution is 0.576. The number of aromatic nitrogens is 1. The molecule has 0 unspecified atom stereocenters. The summed E-state index contributed by atoms with van der Waals surface area (Å²) in [5.41, 5.74) is 0.687. The fourth-order valence-electron chi connectivity index (χ4n) is 2.01. The zero-order valence-electron chi connectivity index (χ0n) is 9.39. The molecule has 1 atom stereocenters. The highest BCUT2D eigenvalue weighted by atomic mass is 35.5. The maximum Gasteiger partial charge on any atom is 0.156 e. The molecule has 1 aliphatic rings. The molecule has 0 saturated carbocycles. The van der Waals surface area contributed by atoms with E-state index >= 15 is 0 Å². The van der Waals surface area contributed by atoms with Gasteiger partial charge < -0.3 is 5.32 Å². The van der Waals surface area contributed by atoms with Gasteiger partial charge in [0, 0.05) is 12.2 Å². The molecular formula is C11H15ClN2O2S. The lowest BCUT2D eigenvalue weighted by atomic mass is 10.3. The predicted molar refractivity (Wildman–Crippen MR) is 67.8 cm³/mol. The molecule has 2 rings (SSSR count).